The molecule has 2 heterocycles. The number of hydrogen-bond acceptors (Lipinski definition) is 11. The smallest absolute Gasteiger partial charge is 0.343 e. The lowest BCUT2D eigenvalue weighted by atomic mass is 9.95. The van der Waals surface area contributed by atoms with Gasteiger partial charge in [-0.2, -0.15) is 0 Å². The molecule has 266 valence electrons. The first-order valence-electron chi connectivity index (χ1n) is 16.4. The quantitative estimate of drug-likeness (QED) is 0.123. The van der Waals surface area contributed by atoms with Gasteiger partial charge in [0, 0.05) is 5.56 Å². The third kappa shape index (κ3) is 8.24. The van der Waals surface area contributed by atoms with Crippen LogP contribution in [0.4, 0.5) is 0 Å². The second-order valence-corrected chi connectivity index (χ2v) is 12.3. The molecule has 0 radical (unpaired) electrons. The molecule has 1 aromatic heterocycles. The highest BCUT2D eigenvalue weighted by Gasteiger charge is 2.34. The van der Waals surface area contributed by atoms with E-state index in [1.54, 1.807) is 51.3 Å². The van der Waals surface area contributed by atoms with Crippen LogP contribution in [0.3, 0.4) is 0 Å². The normalized spacial score (nSPS) is 13.9. The van der Waals surface area contributed by atoms with Gasteiger partial charge in [0.05, 0.1) is 49.3 Å². The average molecular weight is 713 g/mol. The number of esters is 2. The summed E-state index contributed by atoms with van der Waals surface area (Å²) in [6.45, 7) is 9.62. The van der Waals surface area contributed by atoms with Crippen LogP contribution in [-0.4, -0.2) is 50.5 Å². The van der Waals surface area contributed by atoms with E-state index in [9.17, 15) is 14.4 Å². The molecule has 1 aliphatic heterocycles. The van der Waals surface area contributed by atoms with E-state index in [4.69, 9.17) is 28.4 Å². The lowest BCUT2D eigenvalue weighted by Gasteiger charge is -2.25. The zero-order chi connectivity index (χ0) is 36.5. The second kappa shape index (κ2) is 16.9. The number of methoxy groups -OCH3 is 2. The van der Waals surface area contributed by atoms with Gasteiger partial charge in [-0.3, -0.25) is 9.36 Å². The van der Waals surface area contributed by atoms with Crippen molar-refractivity contribution < 1.29 is 38.0 Å². The Balaban J connectivity index is 1.62. The molecule has 4 aromatic rings. The number of carbonyl (C=O) groups is 2. The van der Waals surface area contributed by atoms with Crippen LogP contribution in [0.15, 0.2) is 94.4 Å². The van der Waals surface area contributed by atoms with E-state index >= 15 is 0 Å². The lowest BCUT2D eigenvalue weighted by molar-refractivity contribution is -0.143. The van der Waals surface area contributed by atoms with Crippen LogP contribution in [-0.2, 0) is 32.1 Å². The number of rotatable bonds is 15. The molecule has 1 atom stereocenters. The van der Waals surface area contributed by atoms with E-state index in [2.05, 4.69) is 11.6 Å². The number of fused-ring (bicyclic) bond motifs is 1. The van der Waals surface area contributed by atoms with Crippen molar-refractivity contribution in [1.29, 1.82) is 0 Å². The molecule has 0 amide bonds. The van der Waals surface area contributed by atoms with Crippen molar-refractivity contribution in [2.45, 2.75) is 39.8 Å². The minimum Gasteiger partial charge on any atom is -0.493 e. The molecule has 0 fully saturated rings. The topological polar surface area (TPSA) is 124 Å². The Bertz CT molecular complexity index is 2130. The van der Waals surface area contributed by atoms with E-state index in [1.165, 1.54) is 23.0 Å². The van der Waals surface area contributed by atoms with Crippen molar-refractivity contribution in [1.82, 2.24) is 4.57 Å². The largest absolute Gasteiger partial charge is 0.493 e. The third-order valence-electron chi connectivity index (χ3n) is 7.94. The summed E-state index contributed by atoms with van der Waals surface area (Å²) in [5, 5.41) is 0. The van der Waals surface area contributed by atoms with Crippen LogP contribution < -0.4 is 33.8 Å². The molecule has 12 heteroatoms. The van der Waals surface area contributed by atoms with E-state index in [1.807, 2.05) is 49.4 Å². The predicted octanol–water partition coefficient (Wildman–Crippen LogP) is 5.06. The van der Waals surface area contributed by atoms with E-state index in [0.717, 1.165) is 11.1 Å². The van der Waals surface area contributed by atoms with Gasteiger partial charge in [-0.15, -0.1) is 6.58 Å². The van der Waals surface area contributed by atoms with Gasteiger partial charge in [-0.25, -0.2) is 14.6 Å². The number of ether oxygens (including phenoxy) is 6. The second-order valence-electron chi connectivity index (χ2n) is 11.3. The van der Waals surface area contributed by atoms with Gasteiger partial charge in [-0.05, 0) is 74.2 Å². The van der Waals surface area contributed by atoms with Gasteiger partial charge < -0.3 is 28.4 Å². The van der Waals surface area contributed by atoms with Gasteiger partial charge in [-0.1, -0.05) is 53.8 Å². The fraction of sp³-hybridized carbons (Fsp3) is 0.282. The first-order chi connectivity index (χ1) is 24.7. The van der Waals surface area contributed by atoms with Crippen molar-refractivity contribution in [3.05, 3.63) is 127 Å². The molecule has 0 unspecified atom stereocenters. The molecule has 0 N–H and O–H groups in total. The Morgan fingerprint density at radius 3 is 2.43 bits per heavy atom. The molecule has 0 bridgehead atoms. The van der Waals surface area contributed by atoms with Crippen LogP contribution >= 0.6 is 11.3 Å². The molecular weight excluding hydrogens is 673 g/mol. The zero-order valence-corrected chi connectivity index (χ0v) is 30.0. The third-order valence-corrected chi connectivity index (χ3v) is 8.92. The fourth-order valence-corrected chi connectivity index (χ4v) is 6.70. The molecule has 0 saturated heterocycles. The average Bonchev–Trinajstić information content (AvgIpc) is 3.43. The molecule has 3 aromatic carbocycles. The summed E-state index contributed by atoms with van der Waals surface area (Å²) in [6, 6.07) is 17.7. The summed E-state index contributed by atoms with van der Waals surface area (Å²) >= 11 is 1.20. The first kappa shape index (κ1) is 36.7. The van der Waals surface area contributed by atoms with Crippen molar-refractivity contribution in [3.63, 3.8) is 0 Å². The number of carbonyl (C=O) groups excluding carboxylic acids is 2. The van der Waals surface area contributed by atoms with E-state index in [0.29, 0.717) is 68.8 Å². The van der Waals surface area contributed by atoms with Crippen LogP contribution in [0, 0.1) is 0 Å². The molecule has 1 aliphatic rings. The van der Waals surface area contributed by atoms with Crippen LogP contribution in [0.5, 0.6) is 23.0 Å². The Labute approximate surface area is 299 Å². The van der Waals surface area contributed by atoms with E-state index < -0.39 is 18.0 Å². The van der Waals surface area contributed by atoms with Gasteiger partial charge in [0.2, 0.25) is 0 Å². The van der Waals surface area contributed by atoms with Crippen LogP contribution in [0.2, 0.25) is 0 Å². The molecule has 5 rings (SSSR count). The summed E-state index contributed by atoms with van der Waals surface area (Å²) < 4.78 is 35.5. The van der Waals surface area contributed by atoms with Gasteiger partial charge in [0.15, 0.2) is 34.4 Å². The minimum atomic E-state index is -0.893. The molecular formula is C39H40N2O9S. The molecule has 51 heavy (non-hydrogen) atoms. The van der Waals surface area contributed by atoms with Gasteiger partial charge in [0.25, 0.3) is 5.56 Å². The zero-order valence-electron chi connectivity index (χ0n) is 29.2. The van der Waals surface area contributed by atoms with Gasteiger partial charge >= 0.3 is 11.9 Å². The minimum absolute atomic E-state index is 0.136. The number of thiazole rings is 1. The summed E-state index contributed by atoms with van der Waals surface area (Å²) in [7, 11) is 2.84. The van der Waals surface area contributed by atoms with Crippen molar-refractivity contribution in [2.24, 2.45) is 4.99 Å². The Kier molecular flexibility index (Phi) is 12.1. The van der Waals surface area contributed by atoms with Crippen molar-refractivity contribution >= 4 is 29.4 Å². The SMILES string of the molecule is C=CCc1cc(/C=c2\sc3n(c2=O)[C@H](c2ccc(OCC(=O)OC)c(OCC)c2)C(C(=O)OCC)=C(C)N=3)cc(OC)c1OCc1ccccc1. The highest BCUT2D eigenvalue weighted by molar-refractivity contribution is 7.07. The summed E-state index contributed by atoms with van der Waals surface area (Å²) in [5.74, 6) is 0.596. The summed E-state index contributed by atoms with van der Waals surface area (Å²) in [6.07, 6.45) is 4.06. The lowest BCUT2D eigenvalue weighted by Crippen LogP contribution is -2.40. The fourth-order valence-electron chi connectivity index (χ4n) is 5.66. The Morgan fingerprint density at radius 2 is 1.75 bits per heavy atom. The first-order valence-corrected chi connectivity index (χ1v) is 17.2. The predicted molar refractivity (Wildman–Crippen MR) is 193 cm³/mol. The Hall–Kier alpha value is -5.62. The van der Waals surface area contributed by atoms with E-state index in [-0.39, 0.29) is 24.3 Å². The molecule has 0 aliphatic carbocycles. The van der Waals surface area contributed by atoms with Crippen LogP contribution in [0.1, 0.15) is 49.1 Å². The summed E-state index contributed by atoms with van der Waals surface area (Å²) in [5.41, 5.74) is 3.42. The molecule has 0 saturated carbocycles. The maximum atomic E-state index is 14.3. The maximum Gasteiger partial charge on any atom is 0.343 e. The highest BCUT2D eigenvalue weighted by atomic mass is 32.1. The maximum absolute atomic E-state index is 14.3. The summed E-state index contributed by atoms with van der Waals surface area (Å²) in [4.78, 5) is 44.6. The molecule has 0 spiro atoms. The number of nitrogens with zero attached hydrogens (tertiary/aromatic N) is 2. The number of allylic oxidation sites excluding steroid dienone is 2. The standard InChI is InChI=1S/C39H40N2O9S/c1-7-13-28-18-26(19-31(45-5)36(28)50-22-25-14-11-10-12-15-25)20-32-37(43)41-35(34(38(44)48-9-3)24(4)40-39(41)51-32)27-16-17-29(30(21-27)47-8-2)49-23-33(42)46-6/h7,10-12,14-21,35H,1,8-9,13,22-23H2,2-6H3/b32-20-/t35-/m1/s1. The Morgan fingerprint density at radius 1 is 0.961 bits per heavy atom. The van der Waals surface area contributed by atoms with Gasteiger partial charge in [0.1, 0.15) is 6.61 Å². The molecule has 11 nitrogen and oxygen atoms in total. The van der Waals surface area contributed by atoms with Crippen molar-refractivity contribution in [2.75, 3.05) is 34.0 Å². The highest BCUT2D eigenvalue weighted by Crippen LogP contribution is 2.37. The number of aromatic nitrogens is 1. The monoisotopic (exact) mass is 712 g/mol. The van der Waals surface area contributed by atoms with Crippen molar-refractivity contribution in [3.8, 4) is 23.0 Å². The number of benzene rings is 3. The number of hydrogen-bond donors (Lipinski definition) is 0. The van der Waals surface area contributed by atoms with Crippen LogP contribution in [0.25, 0.3) is 6.08 Å².